The van der Waals surface area contributed by atoms with Gasteiger partial charge in [-0.2, -0.15) is 0 Å². The average Bonchev–Trinajstić information content (AvgIpc) is 3.35. The molecule has 2 aromatic rings. The van der Waals surface area contributed by atoms with Crippen LogP contribution >= 0.6 is 0 Å². The Morgan fingerprint density at radius 2 is 2.04 bits per heavy atom. The molecular weight excluding hydrogens is 316 g/mol. The largest absolute Gasteiger partial charge is 0.490 e. The van der Waals surface area contributed by atoms with Gasteiger partial charge in [-0.05, 0) is 62.3 Å². The number of rotatable bonds is 8. The van der Waals surface area contributed by atoms with E-state index in [1.54, 1.807) is 36.6 Å². The Morgan fingerprint density at radius 1 is 1.28 bits per heavy atom. The molecule has 5 nitrogen and oxygen atoms in total. The van der Waals surface area contributed by atoms with E-state index in [2.05, 4.69) is 16.8 Å². The summed E-state index contributed by atoms with van der Waals surface area (Å²) in [5, 5.41) is 3.03. The summed E-state index contributed by atoms with van der Waals surface area (Å²) in [4.78, 5) is 14.8. The fraction of sp³-hybridized carbons (Fsp3) is 0.350. The molecule has 1 fully saturated rings. The van der Waals surface area contributed by atoms with Crippen molar-refractivity contribution in [3.05, 3.63) is 66.6 Å². The highest BCUT2D eigenvalue weighted by Gasteiger charge is 2.26. The molecule has 0 radical (unpaired) electrons. The van der Waals surface area contributed by atoms with Gasteiger partial charge in [0.15, 0.2) is 0 Å². The summed E-state index contributed by atoms with van der Waals surface area (Å²) in [6.45, 7) is 6.67. The monoisotopic (exact) mass is 340 g/mol. The zero-order valence-electron chi connectivity index (χ0n) is 14.3. The SMILES string of the molecule is C=CCOc1ccc(C(=O)NC[C@H](c2ccco2)N2CCCC2)cc1. The van der Waals surface area contributed by atoms with Crippen molar-refractivity contribution in [1.29, 1.82) is 0 Å². The van der Waals surface area contributed by atoms with Gasteiger partial charge in [-0.3, -0.25) is 9.69 Å². The Kier molecular flexibility index (Phi) is 5.90. The van der Waals surface area contributed by atoms with Crippen LogP contribution in [0.2, 0.25) is 0 Å². The molecule has 0 saturated carbocycles. The molecule has 1 N–H and O–H groups in total. The zero-order chi connectivity index (χ0) is 17.5. The van der Waals surface area contributed by atoms with Gasteiger partial charge < -0.3 is 14.5 Å². The molecule has 1 saturated heterocycles. The number of nitrogens with zero attached hydrogens (tertiary/aromatic N) is 1. The van der Waals surface area contributed by atoms with Crippen molar-refractivity contribution in [2.45, 2.75) is 18.9 Å². The molecule has 1 amide bonds. The second kappa shape index (κ2) is 8.53. The highest BCUT2D eigenvalue weighted by atomic mass is 16.5. The van der Waals surface area contributed by atoms with Crippen LogP contribution in [0.25, 0.3) is 0 Å². The molecule has 3 rings (SSSR count). The number of hydrogen-bond donors (Lipinski definition) is 1. The van der Waals surface area contributed by atoms with Crippen molar-refractivity contribution in [3.8, 4) is 5.75 Å². The molecule has 25 heavy (non-hydrogen) atoms. The van der Waals surface area contributed by atoms with Crippen molar-refractivity contribution in [2.24, 2.45) is 0 Å². The van der Waals surface area contributed by atoms with Crippen LogP contribution in [0.5, 0.6) is 5.75 Å². The minimum atomic E-state index is -0.0916. The highest BCUT2D eigenvalue weighted by Crippen LogP contribution is 2.25. The van der Waals surface area contributed by atoms with Gasteiger partial charge in [0.2, 0.25) is 0 Å². The van der Waals surface area contributed by atoms with E-state index in [0.29, 0.717) is 18.7 Å². The lowest BCUT2D eigenvalue weighted by atomic mass is 10.1. The third kappa shape index (κ3) is 4.51. The zero-order valence-corrected chi connectivity index (χ0v) is 14.3. The van der Waals surface area contributed by atoms with Crippen molar-refractivity contribution < 1.29 is 13.9 Å². The standard InChI is InChI=1S/C20H24N2O3/c1-2-13-24-17-9-7-16(8-10-17)20(23)21-15-18(19-6-5-14-25-19)22-11-3-4-12-22/h2,5-10,14,18H,1,3-4,11-13,15H2,(H,21,23)/t18-/m1/s1. The summed E-state index contributed by atoms with van der Waals surface area (Å²) >= 11 is 0. The number of likely N-dealkylation sites (tertiary alicyclic amines) is 1. The molecule has 5 heteroatoms. The van der Waals surface area contributed by atoms with Crippen LogP contribution in [0, 0.1) is 0 Å². The second-order valence-corrected chi connectivity index (χ2v) is 6.11. The summed E-state index contributed by atoms with van der Waals surface area (Å²) in [7, 11) is 0. The highest BCUT2D eigenvalue weighted by molar-refractivity contribution is 5.94. The van der Waals surface area contributed by atoms with Gasteiger partial charge in [0.25, 0.3) is 5.91 Å². The predicted molar refractivity (Wildman–Crippen MR) is 96.7 cm³/mol. The minimum Gasteiger partial charge on any atom is -0.490 e. The maximum atomic E-state index is 12.4. The van der Waals surface area contributed by atoms with Crippen LogP contribution < -0.4 is 10.1 Å². The van der Waals surface area contributed by atoms with E-state index >= 15 is 0 Å². The van der Waals surface area contributed by atoms with Gasteiger partial charge >= 0.3 is 0 Å². The van der Waals surface area contributed by atoms with Gasteiger partial charge in [0.1, 0.15) is 18.1 Å². The van der Waals surface area contributed by atoms with Crippen LogP contribution in [-0.4, -0.2) is 37.0 Å². The fourth-order valence-electron chi connectivity index (χ4n) is 3.09. The molecule has 132 valence electrons. The number of nitrogens with one attached hydrogen (secondary N) is 1. The maximum absolute atomic E-state index is 12.4. The van der Waals surface area contributed by atoms with Crippen molar-refractivity contribution in [2.75, 3.05) is 26.2 Å². The first-order valence-electron chi connectivity index (χ1n) is 8.67. The molecule has 0 bridgehead atoms. The molecule has 2 heterocycles. The quantitative estimate of drug-likeness (QED) is 0.748. The molecule has 1 aliphatic rings. The Balaban J connectivity index is 1.60. The molecule has 0 unspecified atom stereocenters. The lowest BCUT2D eigenvalue weighted by molar-refractivity contribution is 0.0933. The van der Waals surface area contributed by atoms with Gasteiger partial charge in [-0.15, -0.1) is 0 Å². The first kappa shape index (κ1) is 17.3. The van der Waals surface area contributed by atoms with Crippen LogP contribution in [0.1, 0.15) is 35.0 Å². The number of carbonyl (C=O) groups is 1. The van der Waals surface area contributed by atoms with E-state index in [-0.39, 0.29) is 11.9 Å². The van der Waals surface area contributed by atoms with Crippen molar-refractivity contribution >= 4 is 5.91 Å². The number of benzene rings is 1. The van der Waals surface area contributed by atoms with E-state index in [0.717, 1.165) is 24.6 Å². The van der Waals surface area contributed by atoms with E-state index in [1.165, 1.54) is 12.8 Å². The second-order valence-electron chi connectivity index (χ2n) is 6.11. The molecular formula is C20H24N2O3. The normalized spacial score (nSPS) is 15.7. The molecule has 1 aliphatic heterocycles. The first-order valence-corrected chi connectivity index (χ1v) is 8.67. The fourth-order valence-corrected chi connectivity index (χ4v) is 3.09. The first-order chi connectivity index (χ1) is 12.3. The van der Waals surface area contributed by atoms with Gasteiger partial charge in [0.05, 0.1) is 12.3 Å². The molecule has 1 aromatic heterocycles. The van der Waals surface area contributed by atoms with Gasteiger partial charge in [0, 0.05) is 12.1 Å². The third-order valence-corrected chi connectivity index (χ3v) is 4.39. The Bertz CT molecular complexity index is 673. The summed E-state index contributed by atoms with van der Waals surface area (Å²) in [6, 6.07) is 11.1. The summed E-state index contributed by atoms with van der Waals surface area (Å²) in [5.74, 6) is 1.53. The molecule has 1 aromatic carbocycles. The van der Waals surface area contributed by atoms with E-state index in [4.69, 9.17) is 9.15 Å². The third-order valence-electron chi connectivity index (χ3n) is 4.39. The average molecular weight is 340 g/mol. The van der Waals surface area contributed by atoms with Gasteiger partial charge in [-0.25, -0.2) is 0 Å². The summed E-state index contributed by atoms with van der Waals surface area (Å²) in [6.07, 6.45) is 5.75. The van der Waals surface area contributed by atoms with Crippen molar-refractivity contribution in [3.63, 3.8) is 0 Å². The van der Waals surface area contributed by atoms with Crippen LogP contribution in [-0.2, 0) is 0 Å². The lowest BCUT2D eigenvalue weighted by Gasteiger charge is -2.26. The topological polar surface area (TPSA) is 54.7 Å². The molecule has 1 atom stereocenters. The Labute approximate surface area is 148 Å². The van der Waals surface area contributed by atoms with E-state index in [9.17, 15) is 4.79 Å². The van der Waals surface area contributed by atoms with E-state index in [1.807, 2.05) is 12.1 Å². The Morgan fingerprint density at radius 3 is 2.68 bits per heavy atom. The Hall–Kier alpha value is -2.53. The smallest absolute Gasteiger partial charge is 0.251 e. The maximum Gasteiger partial charge on any atom is 0.251 e. The van der Waals surface area contributed by atoms with Gasteiger partial charge in [-0.1, -0.05) is 12.7 Å². The summed E-state index contributed by atoms with van der Waals surface area (Å²) < 4.78 is 11.0. The number of hydrogen-bond acceptors (Lipinski definition) is 4. The van der Waals surface area contributed by atoms with Crippen molar-refractivity contribution in [1.82, 2.24) is 10.2 Å². The predicted octanol–water partition coefficient (Wildman–Crippen LogP) is 3.41. The lowest BCUT2D eigenvalue weighted by Crippen LogP contribution is -2.36. The minimum absolute atomic E-state index is 0.0802. The molecule has 0 spiro atoms. The number of amides is 1. The van der Waals surface area contributed by atoms with Crippen LogP contribution in [0.15, 0.2) is 59.7 Å². The summed E-state index contributed by atoms with van der Waals surface area (Å²) in [5.41, 5.74) is 0.616. The number of ether oxygens (including phenoxy) is 1. The van der Waals surface area contributed by atoms with Crippen LogP contribution in [0.3, 0.4) is 0 Å². The van der Waals surface area contributed by atoms with Crippen LogP contribution in [0.4, 0.5) is 0 Å². The number of carbonyl (C=O) groups excluding carboxylic acids is 1. The molecule has 0 aliphatic carbocycles. The number of furan rings is 1. The van der Waals surface area contributed by atoms with E-state index < -0.39 is 0 Å².